The fourth-order valence-electron chi connectivity index (χ4n) is 1.72. The topological polar surface area (TPSA) is 24.9 Å². The van der Waals surface area contributed by atoms with Gasteiger partial charge < -0.3 is 5.32 Å². The number of benzene rings is 1. The molecule has 0 saturated heterocycles. The number of aromatic nitrogens is 1. The Labute approximate surface area is 100 Å². The summed E-state index contributed by atoms with van der Waals surface area (Å²) in [7, 11) is 0. The lowest BCUT2D eigenvalue weighted by Gasteiger charge is -2.16. The van der Waals surface area contributed by atoms with E-state index in [-0.39, 0.29) is 6.04 Å². The zero-order valence-electron chi connectivity index (χ0n) is 9.60. The van der Waals surface area contributed by atoms with E-state index in [1.807, 2.05) is 5.51 Å². The van der Waals surface area contributed by atoms with Gasteiger partial charge in [-0.25, -0.2) is 4.98 Å². The van der Waals surface area contributed by atoms with Crippen molar-refractivity contribution in [3.63, 3.8) is 0 Å². The van der Waals surface area contributed by atoms with E-state index in [0.717, 1.165) is 12.2 Å². The monoisotopic (exact) mass is 232 g/mol. The maximum atomic E-state index is 4.39. The average Bonchev–Trinajstić information content (AvgIpc) is 2.81. The van der Waals surface area contributed by atoms with Crippen LogP contribution in [-0.4, -0.2) is 11.5 Å². The van der Waals surface area contributed by atoms with E-state index >= 15 is 0 Å². The molecule has 0 aliphatic rings. The van der Waals surface area contributed by atoms with Crippen LogP contribution in [-0.2, 0) is 0 Å². The second kappa shape index (κ2) is 5.23. The van der Waals surface area contributed by atoms with Crippen LogP contribution in [0, 0.1) is 6.92 Å². The van der Waals surface area contributed by atoms with Crippen molar-refractivity contribution < 1.29 is 0 Å². The Bertz CT molecular complexity index is 420. The van der Waals surface area contributed by atoms with Crippen LogP contribution in [0.2, 0.25) is 0 Å². The summed E-state index contributed by atoms with van der Waals surface area (Å²) in [5.41, 5.74) is 5.56. The van der Waals surface area contributed by atoms with Gasteiger partial charge in [-0.15, -0.1) is 11.3 Å². The molecule has 0 saturated carbocycles. The molecule has 1 aromatic carbocycles. The van der Waals surface area contributed by atoms with Crippen LogP contribution in [0.3, 0.4) is 0 Å². The molecular formula is C13H16N2S. The number of aryl methyl sites for hydroxylation is 1. The minimum atomic E-state index is 0.219. The number of hydrogen-bond donors (Lipinski definition) is 1. The van der Waals surface area contributed by atoms with Crippen LogP contribution in [0.15, 0.2) is 35.2 Å². The molecule has 2 aromatic rings. The van der Waals surface area contributed by atoms with Gasteiger partial charge in [0, 0.05) is 5.38 Å². The van der Waals surface area contributed by atoms with Gasteiger partial charge in [-0.1, -0.05) is 36.8 Å². The molecule has 1 aromatic heterocycles. The lowest BCUT2D eigenvalue weighted by Crippen LogP contribution is -2.22. The van der Waals surface area contributed by atoms with Gasteiger partial charge >= 0.3 is 0 Å². The number of hydrogen-bond acceptors (Lipinski definition) is 3. The van der Waals surface area contributed by atoms with Crippen LogP contribution >= 0.6 is 11.3 Å². The Morgan fingerprint density at radius 3 is 2.62 bits per heavy atom. The van der Waals surface area contributed by atoms with E-state index in [9.17, 15) is 0 Å². The summed E-state index contributed by atoms with van der Waals surface area (Å²) in [4.78, 5) is 4.39. The highest BCUT2D eigenvalue weighted by Gasteiger charge is 2.13. The number of thiazole rings is 1. The summed E-state index contributed by atoms with van der Waals surface area (Å²) >= 11 is 1.64. The first-order chi connectivity index (χ1) is 7.81. The SMILES string of the molecule is CCNC(c1ccc(C)cc1)c1cscn1. The fourth-order valence-corrected chi connectivity index (χ4v) is 2.30. The highest BCUT2D eigenvalue weighted by atomic mass is 32.1. The van der Waals surface area contributed by atoms with Gasteiger partial charge in [0.2, 0.25) is 0 Å². The summed E-state index contributed by atoms with van der Waals surface area (Å²) in [6.07, 6.45) is 0. The lowest BCUT2D eigenvalue weighted by atomic mass is 10.0. The van der Waals surface area contributed by atoms with Crippen LogP contribution in [0.4, 0.5) is 0 Å². The maximum Gasteiger partial charge on any atom is 0.0795 e. The highest BCUT2D eigenvalue weighted by Crippen LogP contribution is 2.21. The van der Waals surface area contributed by atoms with Crippen molar-refractivity contribution >= 4 is 11.3 Å². The third-order valence-electron chi connectivity index (χ3n) is 2.57. The van der Waals surface area contributed by atoms with Crippen molar-refractivity contribution in [3.8, 4) is 0 Å². The molecule has 3 heteroatoms. The molecule has 1 N–H and O–H groups in total. The zero-order valence-corrected chi connectivity index (χ0v) is 10.4. The molecule has 0 radical (unpaired) electrons. The van der Waals surface area contributed by atoms with Crippen LogP contribution in [0.5, 0.6) is 0 Å². The molecule has 1 unspecified atom stereocenters. The summed E-state index contributed by atoms with van der Waals surface area (Å²) in [6.45, 7) is 5.17. The Morgan fingerprint density at radius 1 is 1.31 bits per heavy atom. The van der Waals surface area contributed by atoms with Crippen LogP contribution in [0.25, 0.3) is 0 Å². The van der Waals surface area contributed by atoms with Crippen molar-refractivity contribution in [2.45, 2.75) is 19.9 Å². The molecule has 2 rings (SSSR count). The Balaban J connectivity index is 2.29. The average molecular weight is 232 g/mol. The minimum Gasteiger partial charge on any atom is -0.305 e. The highest BCUT2D eigenvalue weighted by molar-refractivity contribution is 7.07. The van der Waals surface area contributed by atoms with Crippen molar-refractivity contribution in [3.05, 3.63) is 52.0 Å². The van der Waals surface area contributed by atoms with Crippen molar-refractivity contribution in [2.24, 2.45) is 0 Å². The molecule has 2 nitrogen and oxygen atoms in total. The molecule has 1 atom stereocenters. The molecular weight excluding hydrogens is 216 g/mol. The third kappa shape index (κ3) is 2.49. The second-order valence-corrected chi connectivity index (χ2v) is 4.53. The molecule has 1 heterocycles. The van der Waals surface area contributed by atoms with E-state index in [1.165, 1.54) is 11.1 Å². The number of nitrogens with one attached hydrogen (secondary N) is 1. The van der Waals surface area contributed by atoms with E-state index in [2.05, 4.69) is 53.8 Å². The van der Waals surface area contributed by atoms with Gasteiger partial charge in [0.1, 0.15) is 0 Å². The first kappa shape index (κ1) is 11.3. The Kier molecular flexibility index (Phi) is 3.70. The molecule has 84 valence electrons. The normalized spacial score (nSPS) is 12.6. The summed E-state index contributed by atoms with van der Waals surface area (Å²) in [5.74, 6) is 0. The van der Waals surface area contributed by atoms with Gasteiger partial charge in [0.05, 0.1) is 17.2 Å². The van der Waals surface area contributed by atoms with Gasteiger partial charge in [-0.05, 0) is 19.0 Å². The summed E-state index contributed by atoms with van der Waals surface area (Å²) < 4.78 is 0. The predicted molar refractivity (Wildman–Crippen MR) is 68.8 cm³/mol. The lowest BCUT2D eigenvalue weighted by molar-refractivity contribution is 0.618. The van der Waals surface area contributed by atoms with Crippen LogP contribution in [0.1, 0.15) is 29.8 Å². The molecule has 0 aliphatic carbocycles. The molecule has 0 bridgehead atoms. The van der Waals surface area contributed by atoms with E-state index < -0.39 is 0 Å². The van der Waals surface area contributed by atoms with Gasteiger partial charge in [0.25, 0.3) is 0 Å². The molecule has 0 amide bonds. The molecule has 0 spiro atoms. The predicted octanol–water partition coefficient (Wildman–Crippen LogP) is 3.15. The smallest absolute Gasteiger partial charge is 0.0795 e. The van der Waals surface area contributed by atoms with E-state index in [1.54, 1.807) is 11.3 Å². The van der Waals surface area contributed by atoms with Crippen LogP contribution < -0.4 is 5.32 Å². The molecule has 0 aliphatic heterocycles. The van der Waals surface area contributed by atoms with E-state index in [0.29, 0.717) is 0 Å². The standard InChI is InChI=1S/C13H16N2S/c1-3-14-13(12-8-16-9-15-12)11-6-4-10(2)5-7-11/h4-9,13-14H,3H2,1-2H3. The number of rotatable bonds is 4. The Hall–Kier alpha value is -1.19. The van der Waals surface area contributed by atoms with Crippen molar-refractivity contribution in [2.75, 3.05) is 6.54 Å². The molecule has 16 heavy (non-hydrogen) atoms. The zero-order chi connectivity index (χ0) is 11.4. The Morgan fingerprint density at radius 2 is 2.06 bits per heavy atom. The summed E-state index contributed by atoms with van der Waals surface area (Å²) in [6, 6.07) is 8.85. The van der Waals surface area contributed by atoms with E-state index in [4.69, 9.17) is 0 Å². The van der Waals surface area contributed by atoms with Gasteiger partial charge in [0.15, 0.2) is 0 Å². The largest absolute Gasteiger partial charge is 0.305 e. The van der Waals surface area contributed by atoms with Gasteiger partial charge in [-0.2, -0.15) is 0 Å². The maximum absolute atomic E-state index is 4.39. The fraction of sp³-hybridized carbons (Fsp3) is 0.308. The first-order valence-electron chi connectivity index (χ1n) is 5.49. The second-order valence-electron chi connectivity index (χ2n) is 3.81. The quantitative estimate of drug-likeness (QED) is 0.876. The first-order valence-corrected chi connectivity index (χ1v) is 6.43. The number of nitrogens with zero attached hydrogens (tertiary/aromatic N) is 1. The molecule has 0 fully saturated rings. The van der Waals surface area contributed by atoms with Crippen molar-refractivity contribution in [1.29, 1.82) is 0 Å². The summed E-state index contributed by atoms with van der Waals surface area (Å²) in [5, 5.41) is 5.57. The van der Waals surface area contributed by atoms with Crippen molar-refractivity contribution in [1.82, 2.24) is 10.3 Å². The van der Waals surface area contributed by atoms with Gasteiger partial charge in [-0.3, -0.25) is 0 Å². The third-order valence-corrected chi connectivity index (χ3v) is 3.17. The minimum absolute atomic E-state index is 0.219.